The molecule has 2 heterocycles. The van der Waals surface area contributed by atoms with E-state index in [4.69, 9.17) is 0 Å². The zero-order valence-corrected chi connectivity index (χ0v) is 19.0. The topological polar surface area (TPSA) is 57.6 Å². The Morgan fingerprint density at radius 2 is 1.79 bits per heavy atom. The van der Waals surface area contributed by atoms with Crippen molar-refractivity contribution in [1.29, 1.82) is 0 Å². The van der Waals surface area contributed by atoms with Crippen LogP contribution in [0.2, 0.25) is 0 Å². The molecule has 1 saturated heterocycles. The highest BCUT2D eigenvalue weighted by Crippen LogP contribution is 2.24. The Labute approximate surface area is 181 Å². The van der Waals surface area contributed by atoms with Crippen molar-refractivity contribution in [2.75, 3.05) is 39.3 Å². The van der Waals surface area contributed by atoms with Gasteiger partial charge >= 0.3 is 0 Å². The molecular formula is C22H29BrN4O2. The molecule has 6 nitrogen and oxygen atoms in total. The van der Waals surface area contributed by atoms with Crippen LogP contribution in [0.1, 0.15) is 35.1 Å². The number of rotatable bonds is 5. The van der Waals surface area contributed by atoms with Crippen LogP contribution in [-0.4, -0.2) is 65.4 Å². The first-order valence-electron chi connectivity index (χ1n) is 10.1. The predicted octanol–water partition coefficient (Wildman–Crippen LogP) is 3.14. The summed E-state index contributed by atoms with van der Waals surface area (Å²) in [5, 5.41) is 2.84. The summed E-state index contributed by atoms with van der Waals surface area (Å²) >= 11 is 3.47. The number of amides is 2. The maximum absolute atomic E-state index is 13.3. The van der Waals surface area contributed by atoms with Crippen LogP contribution in [0.4, 0.5) is 0 Å². The normalized spacial score (nSPS) is 15.2. The number of halogens is 1. The Morgan fingerprint density at radius 3 is 2.48 bits per heavy atom. The van der Waals surface area contributed by atoms with Crippen molar-refractivity contribution >= 4 is 27.7 Å². The predicted molar refractivity (Wildman–Crippen MR) is 119 cm³/mol. The van der Waals surface area contributed by atoms with E-state index in [1.807, 2.05) is 56.0 Å². The first-order valence-corrected chi connectivity index (χ1v) is 10.9. The standard InChI is InChI=1S/C22H29BrN4O2/c1-4-24-21(28)15-25-10-5-11-26(13-12-25)22(29)20-14-16(2)27(17(20)3)19-8-6-18(23)7-9-19/h6-9,14H,4-5,10-13,15H2,1-3H3,(H,24,28). The molecule has 0 unspecified atom stereocenters. The second-order valence-electron chi connectivity index (χ2n) is 7.47. The van der Waals surface area contributed by atoms with E-state index in [-0.39, 0.29) is 11.8 Å². The fraction of sp³-hybridized carbons (Fsp3) is 0.455. The molecule has 2 aromatic rings. The zero-order valence-electron chi connectivity index (χ0n) is 17.4. The quantitative estimate of drug-likeness (QED) is 0.745. The molecule has 0 bridgehead atoms. The van der Waals surface area contributed by atoms with Gasteiger partial charge in [-0.2, -0.15) is 0 Å². The minimum absolute atomic E-state index is 0.0466. The molecule has 1 aromatic heterocycles. The molecule has 1 aromatic carbocycles. The van der Waals surface area contributed by atoms with Gasteiger partial charge in [-0.05, 0) is 57.5 Å². The van der Waals surface area contributed by atoms with Gasteiger partial charge in [-0.25, -0.2) is 0 Å². The molecule has 0 saturated carbocycles. The van der Waals surface area contributed by atoms with Gasteiger partial charge in [0.1, 0.15) is 0 Å². The lowest BCUT2D eigenvalue weighted by molar-refractivity contribution is -0.122. The summed E-state index contributed by atoms with van der Waals surface area (Å²) in [5.74, 6) is 0.117. The van der Waals surface area contributed by atoms with Crippen molar-refractivity contribution in [3.05, 3.63) is 51.8 Å². The molecule has 156 valence electrons. The van der Waals surface area contributed by atoms with Gasteiger partial charge in [-0.15, -0.1) is 0 Å². The summed E-state index contributed by atoms with van der Waals surface area (Å²) in [6.07, 6.45) is 0.872. The maximum atomic E-state index is 13.3. The molecule has 0 aliphatic carbocycles. The number of likely N-dealkylation sites (N-methyl/N-ethyl adjacent to an activating group) is 1. The number of carbonyl (C=O) groups excluding carboxylic acids is 2. The minimum Gasteiger partial charge on any atom is -0.355 e. The van der Waals surface area contributed by atoms with Gasteiger partial charge in [0.25, 0.3) is 5.91 Å². The van der Waals surface area contributed by atoms with Crippen molar-refractivity contribution in [3.8, 4) is 5.69 Å². The van der Waals surface area contributed by atoms with Gasteiger partial charge in [0.05, 0.1) is 12.1 Å². The van der Waals surface area contributed by atoms with Crippen LogP contribution in [0.3, 0.4) is 0 Å². The highest BCUT2D eigenvalue weighted by Gasteiger charge is 2.24. The average molecular weight is 461 g/mol. The Bertz CT molecular complexity index is 876. The van der Waals surface area contributed by atoms with Gasteiger partial charge < -0.3 is 14.8 Å². The summed E-state index contributed by atoms with van der Waals surface area (Å²) in [6.45, 7) is 9.90. The SMILES string of the molecule is CCNC(=O)CN1CCCN(C(=O)c2cc(C)n(-c3ccc(Br)cc3)c2C)CC1. The number of nitrogens with one attached hydrogen (secondary N) is 1. The first kappa shape index (κ1) is 21.6. The highest BCUT2D eigenvalue weighted by atomic mass is 79.9. The fourth-order valence-corrected chi connectivity index (χ4v) is 4.19. The Kier molecular flexibility index (Phi) is 7.14. The summed E-state index contributed by atoms with van der Waals surface area (Å²) < 4.78 is 3.15. The van der Waals surface area contributed by atoms with Crippen LogP contribution < -0.4 is 5.32 Å². The Balaban J connectivity index is 1.73. The van der Waals surface area contributed by atoms with Gasteiger partial charge in [0, 0.05) is 54.3 Å². The largest absolute Gasteiger partial charge is 0.355 e. The summed E-state index contributed by atoms with van der Waals surface area (Å²) in [7, 11) is 0. The summed E-state index contributed by atoms with van der Waals surface area (Å²) in [6, 6.07) is 10.1. The minimum atomic E-state index is 0.0466. The van der Waals surface area contributed by atoms with Crippen LogP contribution in [0, 0.1) is 13.8 Å². The molecule has 29 heavy (non-hydrogen) atoms. The van der Waals surface area contributed by atoms with E-state index in [9.17, 15) is 9.59 Å². The zero-order chi connectivity index (χ0) is 21.0. The molecule has 2 amide bonds. The summed E-state index contributed by atoms with van der Waals surface area (Å²) in [5.41, 5.74) is 3.80. The van der Waals surface area contributed by atoms with Crippen LogP contribution >= 0.6 is 15.9 Å². The molecule has 1 N–H and O–H groups in total. The first-order chi connectivity index (χ1) is 13.9. The number of aryl methyl sites for hydroxylation is 1. The number of hydrogen-bond donors (Lipinski definition) is 1. The van der Waals surface area contributed by atoms with E-state index in [2.05, 4.69) is 30.7 Å². The molecule has 1 fully saturated rings. The van der Waals surface area contributed by atoms with Gasteiger partial charge in [0.15, 0.2) is 0 Å². The van der Waals surface area contributed by atoms with Crippen molar-refractivity contribution in [2.24, 2.45) is 0 Å². The average Bonchev–Trinajstić information content (AvgIpc) is 2.84. The van der Waals surface area contributed by atoms with Crippen molar-refractivity contribution in [2.45, 2.75) is 27.2 Å². The third-order valence-electron chi connectivity index (χ3n) is 5.36. The fourth-order valence-electron chi connectivity index (χ4n) is 3.93. The van der Waals surface area contributed by atoms with Crippen molar-refractivity contribution < 1.29 is 9.59 Å². The second-order valence-corrected chi connectivity index (χ2v) is 8.39. The van der Waals surface area contributed by atoms with E-state index in [1.165, 1.54) is 0 Å². The highest BCUT2D eigenvalue weighted by molar-refractivity contribution is 9.10. The van der Waals surface area contributed by atoms with Gasteiger partial charge in [0.2, 0.25) is 5.91 Å². The Morgan fingerprint density at radius 1 is 1.07 bits per heavy atom. The number of carbonyl (C=O) groups is 2. The number of benzene rings is 1. The third-order valence-corrected chi connectivity index (χ3v) is 5.89. The summed E-state index contributed by atoms with van der Waals surface area (Å²) in [4.78, 5) is 29.2. The molecule has 3 rings (SSSR count). The molecule has 1 aliphatic rings. The van der Waals surface area contributed by atoms with E-state index >= 15 is 0 Å². The van der Waals surface area contributed by atoms with E-state index in [1.54, 1.807) is 0 Å². The van der Waals surface area contributed by atoms with Crippen molar-refractivity contribution in [3.63, 3.8) is 0 Å². The third kappa shape index (κ3) is 5.08. The lowest BCUT2D eigenvalue weighted by Crippen LogP contribution is -2.40. The second kappa shape index (κ2) is 9.59. The molecule has 0 atom stereocenters. The molecular weight excluding hydrogens is 432 g/mol. The number of aromatic nitrogens is 1. The number of hydrogen-bond acceptors (Lipinski definition) is 3. The monoisotopic (exact) mass is 460 g/mol. The molecule has 7 heteroatoms. The number of nitrogens with zero attached hydrogens (tertiary/aromatic N) is 3. The van der Waals surface area contributed by atoms with Gasteiger partial charge in [-0.1, -0.05) is 15.9 Å². The van der Waals surface area contributed by atoms with E-state index < -0.39 is 0 Å². The van der Waals surface area contributed by atoms with Gasteiger partial charge in [-0.3, -0.25) is 14.5 Å². The lowest BCUT2D eigenvalue weighted by atomic mass is 10.2. The van der Waals surface area contributed by atoms with Crippen LogP contribution in [-0.2, 0) is 4.79 Å². The molecule has 1 aliphatic heterocycles. The Hall–Kier alpha value is -2.12. The lowest BCUT2D eigenvalue weighted by Gasteiger charge is -2.22. The van der Waals surface area contributed by atoms with Crippen LogP contribution in [0.25, 0.3) is 5.69 Å². The molecule has 0 radical (unpaired) electrons. The smallest absolute Gasteiger partial charge is 0.255 e. The van der Waals surface area contributed by atoms with E-state index in [0.29, 0.717) is 32.7 Å². The maximum Gasteiger partial charge on any atom is 0.255 e. The molecule has 0 spiro atoms. The van der Waals surface area contributed by atoms with Crippen LogP contribution in [0.5, 0.6) is 0 Å². The van der Waals surface area contributed by atoms with Crippen LogP contribution in [0.15, 0.2) is 34.8 Å². The van der Waals surface area contributed by atoms with Crippen molar-refractivity contribution in [1.82, 2.24) is 19.7 Å². The van der Waals surface area contributed by atoms with E-state index in [0.717, 1.165) is 40.1 Å².